The van der Waals surface area contributed by atoms with E-state index >= 15 is 0 Å². The van der Waals surface area contributed by atoms with Crippen molar-refractivity contribution in [3.05, 3.63) is 24.3 Å². The van der Waals surface area contributed by atoms with Gasteiger partial charge in [0.25, 0.3) is 0 Å². The average Bonchev–Trinajstić information content (AvgIpc) is 2.60. The minimum atomic E-state index is -3.61. The summed E-state index contributed by atoms with van der Waals surface area (Å²) in [5.41, 5.74) is 6.40. The summed E-state index contributed by atoms with van der Waals surface area (Å²) in [7, 11) is -3.61. The maximum atomic E-state index is 12.6. The predicted octanol–water partition coefficient (Wildman–Crippen LogP) is 2.22. The van der Waals surface area contributed by atoms with E-state index in [4.69, 9.17) is 5.73 Å². The Morgan fingerprint density at radius 1 is 1.21 bits per heavy atom. The molecule has 0 radical (unpaired) electrons. The van der Waals surface area contributed by atoms with Crippen LogP contribution in [0.25, 0.3) is 0 Å². The number of carbonyl (C=O) groups excluding carboxylic acids is 1. The van der Waals surface area contributed by atoms with Crippen LogP contribution in [0.5, 0.6) is 0 Å². The van der Waals surface area contributed by atoms with Crippen LogP contribution in [-0.2, 0) is 14.8 Å². The van der Waals surface area contributed by atoms with Gasteiger partial charge in [-0.25, -0.2) is 13.1 Å². The van der Waals surface area contributed by atoms with E-state index in [0.717, 1.165) is 25.7 Å². The van der Waals surface area contributed by atoms with Gasteiger partial charge in [-0.1, -0.05) is 26.2 Å². The topological polar surface area (TPSA) is 101 Å². The normalized spacial score (nSPS) is 17.4. The molecule has 1 amide bonds. The molecule has 0 saturated heterocycles. The Morgan fingerprint density at radius 3 is 2.38 bits per heavy atom. The molecule has 1 aliphatic rings. The van der Waals surface area contributed by atoms with Gasteiger partial charge in [0.1, 0.15) is 0 Å². The molecule has 24 heavy (non-hydrogen) atoms. The third-order valence-electron chi connectivity index (χ3n) is 4.55. The van der Waals surface area contributed by atoms with Crippen LogP contribution in [-0.4, -0.2) is 26.9 Å². The largest absolute Gasteiger partial charge is 0.329 e. The fourth-order valence-electron chi connectivity index (χ4n) is 3.11. The first-order chi connectivity index (χ1) is 11.5. The highest BCUT2D eigenvalue weighted by atomic mass is 32.2. The number of hydrogen-bond donors (Lipinski definition) is 3. The number of hydrogen-bond acceptors (Lipinski definition) is 4. The average molecular weight is 353 g/mol. The van der Waals surface area contributed by atoms with Crippen LogP contribution in [0.1, 0.15) is 45.4 Å². The van der Waals surface area contributed by atoms with E-state index in [1.165, 1.54) is 18.6 Å². The van der Waals surface area contributed by atoms with E-state index in [1.54, 1.807) is 19.1 Å². The van der Waals surface area contributed by atoms with E-state index in [9.17, 15) is 13.2 Å². The Balaban J connectivity index is 2.06. The summed E-state index contributed by atoms with van der Waals surface area (Å²) in [6.07, 6.45) is 5.90. The summed E-state index contributed by atoms with van der Waals surface area (Å²) in [6.45, 7) is 2.06. The molecular formula is C17H27N3O3S. The third kappa shape index (κ3) is 5.03. The predicted molar refractivity (Wildman–Crippen MR) is 95.1 cm³/mol. The maximum absolute atomic E-state index is 12.6. The molecule has 6 nitrogen and oxygen atoms in total. The second kappa shape index (κ2) is 8.60. The van der Waals surface area contributed by atoms with Crippen LogP contribution in [0.15, 0.2) is 29.2 Å². The zero-order valence-electron chi connectivity index (χ0n) is 14.1. The van der Waals surface area contributed by atoms with Gasteiger partial charge in [-0.3, -0.25) is 4.79 Å². The lowest BCUT2D eigenvalue weighted by atomic mass is 9.84. The van der Waals surface area contributed by atoms with Gasteiger partial charge in [-0.05, 0) is 43.0 Å². The molecule has 1 aliphatic carbocycles. The Bertz CT molecular complexity index is 638. The van der Waals surface area contributed by atoms with Gasteiger partial charge >= 0.3 is 0 Å². The summed E-state index contributed by atoms with van der Waals surface area (Å²) >= 11 is 0. The molecule has 1 saturated carbocycles. The van der Waals surface area contributed by atoms with Crippen molar-refractivity contribution in [2.24, 2.45) is 11.7 Å². The first-order valence-corrected chi connectivity index (χ1v) is 10.1. The fraction of sp³-hybridized carbons (Fsp3) is 0.588. The van der Waals surface area contributed by atoms with Crippen molar-refractivity contribution < 1.29 is 13.2 Å². The number of carbonyl (C=O) groups is 1. The molecule has 1 aromatic rings. The highest BCUT2D eigenvalue weighted by Gasteiger charge is 2.27. The lowest BCUT2D eigenvalue weighted by Crippen LogP contribution is -2.45. The fourth-order valence-corrected chi connectivity index (χ4v) is 4.43. The molecule has 134 valence electrons. The standard InChI is InChI=1S/C17H27N3O3S/c1-2-17(21)19-14-8-10-15(11-9-14)24(22,23)20-16(12-18)13-6-4-3-5-7-13/h8-11,13,16,20H,2-7,12,18H2,1H3,(H,19,21). The van der Waals surface area contributed by atoms with Crippen molar-refractivity contribution >= 4 is 21.6 Å². The van der Waals surface area contributed by atoms with Crippen molar-refractivity contribution in [2.75, 3.05) is 11.9 Å². The summed E-state index contributed by atoms with van der Waals surface area (Å²) in [6, 6.07) is 5.97. The molecule has 1 fully saturated rings. The van der Waals surface area contributed by atoms with Crippen molar-refractivity contribution in [3.8, 4) is 0 Å². The Hall–Kier alpha value is -1.44. The lowest BCUT2D eigenvalue weighted by molar-refractivity contribution is -0.115. The van der Waals surface area contributed by atoms with Gasteiger partial charge in [0.2, 0.25) is 15.9 Å². The van der Waals surface area contributed by atoms with Crippen LogP contribution in [0.3, 0.4) is 0 Å². The van der Waals surface area contributed by atoms with Crippen LogP contribution < -0.4 is 15.8 Å². The van der Waals surface area contributed by atoms with Gasteiger partial charge < -0.3 is 11.1 Å². The van der Waals surface area contributed by atoms with Crippen molar-refractivity contribution in [1.29, 1.82) is 0 Å². The summed E-state index contributed by atoms with van der Waals surface area (Å²) in [4.78, 5) is 11.6. The molecular weight excluding hydrogens is 326 g/mol. The number of rotatable bonds is 7. The van der Waals surface area contributed by atoms with Gasteiger partial charge in [-0.2, -0.15) is 0 Å². The minimum Gasteiger partial charge on any atom is -0.329 e. The molecule has 1 atom stereocenters. The molecule has 4 N–H and O–H groups in total. The summed E-state index contributed by atoms with van der Waals surface area (Å²) in [5, 5.41) is 2.70. The van der Waals surface area contributed by atoms with Gasteiger partial charge in [0.15, 0.2) is 0 Å². The molecule has 0 aliphatic heterocycles. The van der Waals surface area contributed by atoms with E-state index in [1.807, 2.05) is 0 Å². The van der Waals surface area contributed by atoms with Crippen LogP contribution in [0.4, 0.5) is 5.69 Å². The number of nitrogens with one attached hydrogen (secondary N) is 2. The summed E-state index contributed by atoms with van der Waals surface area (Å²) in [5.74, 6) is 0.200. The van der Waals surface area contributed by atoms with E-state index in [2.05, 4.69) is 10.0 Å². The summed E-state index contributed by atoms with van der Waals surface area (Å²) < 4.78 is 27.9. The Morgan fingerprint density at radius 2 is 1.83 bits per heavy atom. The number of sulfonamides is 1. The van der Waals surface area contributed by atoms with Crippen molar-refractivity contribution in [2.45, 2.75) is 56.4 Å². The highest BCUT2D eigenvalue weighted by molar-refractivity contribution is 7.89. The van der Waals surface area contributed by atoms with Crippen LogP contribution in [0.2, 0.25) is 0 Å². The quantitative estimate of drug-likeness (QED) is 0.699. The second-order valence-electron chi connectivity index (χ2n) is 6.29. The highest BCUT2D eigenvalue weighted by Crippen LogP contribution is 2.27. The monoisotopic (exact) mass is 353 g/mol. The number of anilines is 1. The van der Waals surface area contributed by atoms with Crippen molar-refractivity contribution in [3.63, 3.8) is 0 Å². The van der Waals surface area contributed by atoms with E-state index in [0.29, 0.717) is 24.6 Å². The van der Waals surface area contributed by atoms with Gasteiger partial charge in [-0.15, -0.1) is 0 Å². The number of nitrogens with two attached hydrogens (primary N) is 1. The van der Waals surface area contributed by atoms with E-state index in [-0.39, 0.29) is 16.8 Å². The van der Waals surface area contributed by atoms with Crippen LogP contribution >= 0.6 is 0 Å². The van der Waals surface area contributed by atoms with E-state index < -0.39 is 10.0 Å². The van der Waals surface area contributed by atoms with Crippen LogP contribution in [0, 0.1) is 5.92 Å². The SMILES string of the molecule is CCC(=O)Nc1ccc(S(=O)(=O)NC(CN)C2CCCCC2)cc1. The minimum absolute atomic E-state index is 0.107. The van der Waals surface area contributed by atoms with Gasteiger partial charge in [0, 0.05) is 24.7 Å². The maximum Gasteiger partial charge on any atom is 0.240 e. The first kappa shape index (κ1) is 18.9. The molecule has 0 aromatic heterocycles. The van der Waals surface area contributed by atoms with Crippen molar-refractivity contribution in [1.82, 2.24) is 4.72 Å². The molecule has 1 aromatic carbocycles. The molecule has 0 heterocycles. The third-order valence-corrected chi connectivity index (χ3v) is 6.05. The Kier molecular flexibility index (Phi) is 6.77. The number of amides is 1. The molecule has 7 heteroatoms. The smallest absolute Gasteiger partial charge is 0.240 e. The lowest BCUT2D eigenvalue weighted by Gasteiger charge is -2.29. The first-order valence-electron chi connectivity index (χ1n) is 8.58. The zero-order chi connectivity index (χ0) is 17.6. The second-order valence-corrected chi connectivity index (χ2v) is 8.00. The molecule has 0 spiro atoms. The number of benzene rings is 1. The molecule has 2 rings (SSSR count). The molecule has 1 unspecified atom stereocenters. The zero-order valence-corrected chi connectivity index (χ0v) is 14.9. The Labute approximate surface area is 144 Å². The molecule has 0 bridgehead atoms. The van der Waals surface area contributed by atoms with Gasteiger partial charge in [0.05, 0.1) is 4.90 Å².